The zero-order chi connectivity index (χ0) is 30.4. The Morgan fingerprint density at radius 1 is 0.619 bits per heavy atom. The van der Waals surface area contributed by atoms with Crippen molar-refractivity contribution >= 4 is 23.6 Å². The maximum absolute atomic E-state index is 12.9. The molecule has 0 aliphatic carbocycles. The number of unbranched alkanes of at least 4 members (excludes halogenated alkanes) is 6. The molecule has 0 aliphatic rings. The van der Waals surface area contributed by atoms with Gasteiger partial charge in [0.15, 0.2) is 0 Å². The van der Waals surface area contributed by atoms with E-state index in [9.17, 15) is 19.2 Å². The molecule has 0 spiro atoms. The fraction of sp³-hybridized carbons (Fsp3) is 0.529. The first kappa shape index (κ1) is 34.7. The number of likely N-dealkylation sites (N-methyl/N-ethyl adjacent to an activating group) is 1. The normalized spacial score (nSPS) is 12.2. The van der Waals surface area contributed by atoms with Gasteiger partial charge in [0, 0.05) is 19.3 Å². The molecule has 8 nitrogen and oxygen atoms in total. The Kier molecular flexibility index (Phi) is 17.5. The van der Waals surface area contributed by atoms with E-state index in [1.165, 1.54) is 0 Å². The second kappa shape index (κ2) is 21.2. The molecule has 0 fully saturated rings. The Hall–Kier alpha value is -3.52. The fourth-order valence-corrected chi connectivity index (χ4v) is 4.58. The number of carbonyl (C=O) groups excluding carboxylic acids is 4. The van der Waals surface area contributed by atoms with Crippen LogP contribution in [0.5, 0.6) is 0 Å². The lowest BCUT2D eigenvalue weighted by molar-refractivity contribution is -0.148. The Bertz CT molecular complexity index is 1060. The minimum atomic E-state index is -0.743. The number of rotatable bonds is 22. The number of ketones is 1. The Labute approximate surface area is 250 Å². The number of ether oxygens (including phenoxy) is 2. The molecule has 8 heteroatoms. The molecule has 230 valence electrons. The first-order valence-corrected chi connectivity index (χ1v) is 15.3. The summed E-state index contributed by atoms with van der Waals surface area (Å²) in [6.07, 6.45) is 8.33. The second-order valence-corrected chi connectivity index (χ2v) is 10.7. The van der Waals surface area contributed by atoms with Crippen molar-refractivity contribution in [2.75, 3.05) is 20.3 Å². The summed E-state index contributed by atoms with van der Waals surface area (Å²) in [4.78, 5) is 48.9. The molecule has 2 N–H and O–H groups in total. The maximum atomic E-state index is 12.9. The number of hydrogen-bond acceptors (Lipinski definition) is 7. The monoisotopic (exact) mass is 580 g/mol. The van der Waals surface area contributed by atoms with Gasteiger partial charge in [-0.2, -0.15) is 0 Å². The molecule has 0 radical (unpaired) electrons. The van der Waals surface area contributed by atoms with Crippen LogP contribution in [0.15, 0.2) is 60.7 Å². The minimum Gasteiger partial charge on any atom is -0.465 e. The number of amides is 1. The predicted molar refractivity (Wildman–Crippen MR) is 164 cm³/mol. The summed E-state index contributed by atoms with van der Waals surface area (Å²) < 4.78 is 11.0. The van der Waals surface area contributed by atoms with Crippen LogP contribution in [0.3, 0.4) is 0 Å². The number of Topliss-reactive ketones (excluding diaryl/α,β-unsaturated/α-hetero) is 1. The van der Waals surface area contributed by atoms with Crippen molar-refractivity contribution in [3.63, 3.8) is 0 Å². The van der Waals surface area contributed by atoms with Gasteiger partial charge in [-0.25, -0.2) is 4.79 Å². The molecule has 0 bridgehead atoms. The van der Waals surface area contributed by atoms with Crippen molar-refractivity contribution in [2.45, 2.75) is 96.1 Å². The van der Waals surface area contributed by atoms with Crippen molar-refractivity contribution in [1.82, 2.24) is 10.6 Å². The lowest BCUT2D eigenvalue weighted by Gasteiger charge is -2.18. The molecular formula is C34H48N2O6. The Morgan fingerprint density at radius 2 is 1.07 bits per heavy atom. The van der Waals surface area contributed by atoms with Gasteiger partial charge >= 0.3 is 11.9 Å². The van der Waals surface area contributed by atoms with Crippen molar-refractivity contribution in [2.24, 2.45) is 0 Å². The largest absolute Gasteiger partial charge is 0.465 e. The van der Waals surface area contributed by atoms with Crippen LogP contribution < -0.4 is 10.6 Å². The SMILES string of the molecule is CNC(Cc1ccccc1)C(=O)OCCCCCCOC(=O)C(Cc1ccccc1)NC(=O)CCCCCCC(C)=O. The van der Waals surface area contributed by atoms with E-state index in [-0.39, 0.29) is 30.3 Å². The molecule has 0 heterocycles. The first-order chi connectivity index (χ1) is 20.4. The zero-order valence-corrected chi connectivity index (χ0v) is 25.3. The summed E-state index contributed by atoms with van der Waals surface area (Å²) in [5, 5.41) is 5.89. The second-order valence-electron chi connectivity index (χ2n) is 10.7. The van der Waals surface area contributed by atoms with Crippen molar-refractivity contribution < 1.29 is 28.7 Å². The third-order valence-electron chi connectivity index (χ3n) is 7.03. The highest BCUT2D eigenvalue weighted by atomic mass is 16.5. The fourth-order valence-electron chi connectivity index (χ4n) is 4.58. The van der Waals surface area contributed by atoms with Crippen LogP contribution in [0, 0.1) is 0 Å². The number of hydrogen-bond donors (Lipinski definition) is 2. The van der Waals surface area contributed by atoms with E-state index >= 15 is 0 Å². The Balaban J connectivity index is 1.65. The molecule has 0 aromatic heterocycles. The van der Waals surface area contributed by atoms with Crippen LogP contribution in [0.2, 0.25) is 0 Å². The van der Waals surface area contributed by atoms with Gasteiger partial charge in [0.25, 0.3) is 0 Å². The average Bonchev–Trinajstić information content (AvgIpc) is 2.99. The molecule has 0 aliphatic heterocycles. The summed E-state index contributed by atoms with van der Waals surface area (Å²) in [5.41, 5.74) is 2.02. The minimum absolute atomic E-state index is 0.168. The van der Waals surface area contributed by atoms with Crippen molar-refractivity contribution in [1.29, 1.82) is 0 Å². The summed E-state index contributed by atoms with van der Waals surface area (Å²) in [6.45, 7) is 2.22. The summed E-state index contributed by atoms with van der Waals surface area (Å²) in [6, 6.07) is 18.3. The van der Waals surface area contributed by atoms with Gasteiger partial charge in [-0.05, 0) is 70.0 Å². The highest BCUT2D eigenvalue weighted by Gasteiger charge is 2.23. The number of esters is 2. The van der Waals surface area contributed by atoms with E-state index < -0.39 is 12.0 Å². The highest BCUT2D eigenvalue weighted by Crippen LogP contribution is 2.10. The van der Waals surface area contributed by atoms with Crippen LogP contribution in [0.25, 0.3) is 0 Å². The van der Waals surface area contributed by atoms with Gasteiger partial charge < -0.3 is 24.9 Å². The van der Waals surface area contributed by atoms with Gasteiger partial charge in [-0.3, -0.25) is 9.59 Å². The van der Waals surface area contributed by atoms with E-state index in [0.717, 1.165) is 56.1 Å². The zero-order valence-electron chi connectivity index (χ0n) is 25.3. The number of nitrogens with one attached hydrogen (secondary N) is 2. The van der Waals surface area contributed by atoms with E-state index in [0.29, 0.717) is 38.7 Å². The summed E-state index contributed by atoms with van der Waals surface area (Å²) in [7, 11) is 1.76. The summed E-state index contributed by atoms with van der Waals surface area (Å²) in [5.74, 6) is -0.666. The molecule has 2 atom stereocenters. The average molecular weight is 581 g/mol. The lowest BCUT2D eigenvalue weighted by atomic mass is 10.1. The van der Waals surface area contributed by atoms with Crippen LogP contribution in [-0.2, 0) is 41.5 Å². The van der Waals surface area contributed by atoms with E-state index in [4.69, 9.17) is 9.47 Å². The smallest absolute Gasteiger partial charge is 0.328 e. The topological polar surface area (TPSA) is 111 Å². The van der Waals surface area contributed by atoms with Crippen LogP contribution >= 0.6 is 0 Å². The van der Waals surface area contributed by atoms with E-state index in [1.807, 2.05) is 60.7 Å². The molecule has 2 aromatic carbocycles. The van der Waals surface area contributed by atoms with E-state index in [1.54, 1.807) is 14.0 Å². The molecule has 2 rings (SSSR count). The molecular weight excluding hydrogens is 532 g/mol. The number of carbonyl (C=O) groups is 4. The summed E-state index contributed by atoms with van der Waals surface area (Å²) >= 11 is 0. The predicted octanol–water partition coefficient (Wildman–Crippen LogP) is 5.12. The molecule has 2 aromatic rings. The Morgan fingerprint density at radius 3 is 1.57 bits per heavy atom. The van der Waals surface area contributed by atoms with Gasteiger partial charge in [-0.15, -0.1) is 0 Å². The molecule has 2 unspecified atom stereocenters. The number of benzene rings is 2. The quantitative estimate of drug-likeness (QED) is 0.147. The van der Waals surface area contributed by atoms with Crippen molar-refractivity contribution in [3.05, 3.63) is 71.8 Å². The van der Waals surface area contributed by atoms with E-state index in [2.05, 4.69) is 10.6 Å². The first-order valence-electron chi connectivity index (χ1n) is 15.3. The molecule has 0 saturated carbocycles. The van der Waals surface area contributed by atoms with Crippen LogP contribution in [-0.4, -0.2) is 56.0 Å². The van der Waals surface area contributed by atoms with Crippen LogP contribution in [0.4, 0.5) is 0 Å². The molecule has 1 amide bonds. The van der Waals surface area contributed by atoms with Gasteiger partial charge in [0.2, 0.25) is 5.91 Å². The maximum Gasteiger partial charge on any atom is 0.328 e. The third-order valence-corrected chi connectivity index (χ3v) is 7.03. The van der Waals surface area contributed by atoms with Gasteiger partial charge in [0.05, 0.1) is 13.2 Å². The van der Waals surface area contributed by atoms with Gasteiger partial charge in [-0.1, -0.05) is 73.5 Å². The standard InChI is InChI=1S/C34H48N2O6/c1-27(37)17-9-3-4-14-22-32(38)36-31(26-29-20-12-8-13-21-29)34(40)42-24-16-6-5-15-23-41-33(39)30(35-2)25-28-18-10-7-11-19-28/h7-8,10-13,18-21,30-31,35H,3-6,9,14-17,22-26H2,1-2H3,(H,36,38). The molecule has 0 saturated heterocycles. The lowest BCUT2D eigenvalue weighted by Crippen LogP contribution is -2.43. The van der Waals surface area contributed by atoms with Crippen LogP contribution in [0.1, 0.15) is 82.3 Å². The third kappa shape index (κ3) is 15.5. The van der Waals surface area contributed by atoms with Gasteiger partial charge in [0.1, 0.15) is 17.9 Å². The molecule has 42 heavy (non-hydrogen) atoms. The highest BCUT2D eigenvalue weighted by molar-refractivity contribution is 5.84. The van der Waals surface area contributed by atoms with Crippen molar-refractivity contribution in [3.8, 4) is 0 Å².